The van der Waals surface area contributed by atoms with E-state index in [2.05, 4.69) is 15.2 Å². The number of aromatic nitrogens is 3. The number of benzene rings is 3. The predicted molar refractivity (Wildman–Crippen MR) is 143 cm³/mol. The van der Waals surface area contributed by atoms with E-state index in [0.717, 1.165) is 27.4 Å². The first-order chi connectivity index (χ1) is 19.1. The van der Waals surface area contributed by atoms with E-state index in [9.17, 15) is 14.7 Å². The number of aromatic amines is 1. The first-order valence-electron chi connectivity index (χ1n) is 12.6. The molecule has 3 unspecified atom stereocenters. The van der Waals surface area contributed by atoms with E-state index in [1.54, 1.807) is 24.3 Å². The number of aliphatic hydroxyl groups excluding tert-OH is 1. The Bertz CT molecular complexity index is 1430. The zero-order chi connectivity index (χ0) is 26.8. The minimum atomic E-state index is -0.602. The molecule has 2 aliphatic rings. The quantitative estimate of drug-likeness (QED) is 0.248. The molecule has 0 aliphatic carbocycles. The van der Waals surface area contributed by atoms with Gasteiger partial charge in [0.1, 0.15) is 6.33 Å². The molecule has 3 aromatic carbocycles. The van der Waals surface area contributed by atoms with Gasteiger partial charge < -0.3 is 14.6 Å². The number of hydrogen-bond acceptors (Lipinski definition) is 8. The molecule has 9 nitrogen and oxygen atoms in total. The predicted octanol–water partition coefficient (Wildman–Crippen LogP) is 4.43. The molecule has 2 N–H and O–H groups in total. The smallest absolute Gasteiger partial charge is 0.261 e. The van der Waals surface area contributed by atoms with E-state index in [4.69, 9.17) is 9.47 Å². The van der Waals surface area contributed by atoms with Gasteiger partial charge in [0.05, 0.1) is 36.5 Å². The summed E-state index contributed by atoms with van der Waals surface area (Å²) in [4.78, 5) is 31.0. The monoisotopic (exact) mass is 542 g/mol. The minimum Gasteiger partial charge on any atom is -0.392 e. The molecule has 4 aromatic rings. The molecule has 2 amide bonds. The van der Waals surface area contributed by atoms with Gasteiger partial charge in [0.2, 0.25) is 0 Å². The molecule has 198 valence electrons. The highest BCUT2D eigenvalue weighted by molar-refractivity contribution is 7.99. The lowest BCUT2D eigenvalue weighted by Gasteiger charge is -2.36. The van der Waals surface area contributed by atoms with E-state index in [-0.39, 0.29) is 37.2 Å². The van der Waals surface area contributed by atoms with E-state index in [1.807, 2.05) is 48.5 Å². The van der Waals surface area contributed by atoms with Crippen LogP contribution < -0.4 is 0 Å². The molecule has 6 rings (SSSR count). The second-order valence-corrected chi connectivity index (χ2v) is 10.4. The second kappa shape index (κ2) is 11.1. The van der Waals surface area contributed by atoms with Crippen molar-refractivity contribution in [1.82, 2.24) is 20.1 Å². The van der Waals surface area contributed by atoms with Crippen molar-refractivity contribution in [3.05, 3.63) is 113 Å². The Labute approximate surface area is 229 Å². The van der Waals surface area contributed by atoms with Crippen LogP contribution in [0.5, 0.6) is 0 Å². The van der Waals surface area contributed by atoms with E-state index >= 15 is 0 Å². The number of rotatable bonds is 8. The van der Waals surface area contributed by atoms with Gasteiger partial charge in [-0.1, -0.05) is 72.4 Å². The lowest BCUT2D eigenvalue weighted by molar-refractivity contribution is -0.245. The Morgan fingerprint density at radius 2 is 1.56 bits per heavy atom. The summed E-state index contributed by atoms with van der Waals surface area (Å²) in [5, 5.41) is 16.9. The molecular formula is C29H26N4O5S. The molecule has 10 heteroatoms. The highest BCUT2D eigenvalue weighted by atomic mass is 32.2. The first kappa shape index (κ1) is 25.4. The van der Waals surface area contributed by atoms with Crippen molar-refractivity contribution in [2.45, 2.75) is 43.2 Å². The van der Waals surface area contributed by atoms with Gasteiger partial charge in [-0.3, -0.25) is 19.6 Å². The molecule has 3 heterocycles. The van der Waals surface area contributed by atoms with Crippen LogP contribution in [0.1, 0.15) is 61.8 Å². The molecule has 1 saturated heterocycles. The molecule has 2 aliphatic heterocycles. The van der Waals surface area contributed by atoms with Crippen LogP contribution in [0.15, 0.2) is 84.3 Å². The number of hydrogen-bond donors (Lipinski definition) is 2. The van der Waals surface area contributed by atoms with Crippen LogP contribution in [0, 0.1) is 0 Å². The lowest BCUT2D eigenvalue weighted by atomic mass is 10.0. The maximum atomic E-state index is 12.8. The third kappa shape index (κ3) is 5.37. The summed E-state index contributed by atoms with van der Waals surface area (Å²) in [6.45, 7) is 0.177. The van der Waals surface area contributed by atoms with Crippen molar-refractivity contribution in [3.8, 4) is 0 Å². The number of nitrogens with one attached hydrogen (secondary N) is 1. The van der Waals surface area contributed by atoms with E-state index in [1.165, 1.54) is 23.0 Å². The Balaban J connectivity index is 1.18. The number of aliphatic hydroxyl groups is 1. The van der Waals surface area contributed by atoms with Gasteiger partial charge in [-0.15, -0.1) is 0 Å². The Morgan fingerprint density at radius 1 is 0.897 bits per heavy atom. The number of H-pyrrole nitrogens is 1. The fraction of sp³-hybridized carbons (Fsp3) is 0.241. The third-order valence-electron chi connectivity index (χ3n) is 6.88. The fourth-order valence-corrected chi connectivity index (χ4v) is 5.60. The number of imide groups is 1. The zero-order valence-corrected chi connectivity index (χ0v) is 21.7. The van der Waals surface area contributed by atoms with E-state index < -0.39 is 6.29 Å². The van der Waals surface area contributed by atoms with Gasteiger partial charge in [0.15, 0.2) is 11.4 Å². The largest absolute Gasteiger partial charge is 0.392 e. The van der Waals surface area contributed by atoms with Crippen molar-refractivity contribution in [1.29, 1.82) is 0 Å². The van der Waals surface area contributed by atoms with Crippen LogP contribution >= 0.6 is 11.8 Å². The van der Waals surface area contributed by atoms with Crippen molar-refractivity contribution < 1.29 is 24.2 Å². The molecular weight excluding hydrogens is 516 g/mol. The van der Waals surface area contributed by atoms with Gasteiger partial charge in [-0.05, 0) is 28.8 Å². The van der Waals surface area contributed by atoms with Crippen LogP contribution in [0.25, 0.3) is 0 Å². The second-order valence-electron chi connectivity index (χ2n) is 9.44. The number of carbonyl (C=O) groups excluding carboxylic acids is 2. The number of amides is 2. The molecule has 1 fully saturated rings. The van der Waals surface area contributed by atoms with Crippen molar-refractivity contribution >= 4 is 23.6 Å². The highest BCUT2D eigenvalue weighted by Gasteiger charge is 2.35. The van der Waals surface area contributed by atoms with Gasteiger partial charge in [-0.25, -0.2) is 4.98 Å². The summed E-state index contributed by atoms with van der Waals surface area (Å²) in [5.74, 6) is 0.111. The number of thioether (sulfide) groups is 1. The summed E-state index contributed by atoms with van der Waals surface area (Å²) >= 11 is 1.54. The zero-order valence-electron chi connectivity index (χ0n) is 20.9. The number of nitrogens with zero attached hydrogens (tertiary/aromatic N) is 3. The normalized spacial score (nSPS) is 20.8. The van der Waals surface area contributed by atoms with Crippen LogP contribution in [0.3, 0.4) is 0 Å². The summed E-state index contributed by atoms with van der Waals surface area (Å²) in [5.41, 5.74) is 4.40. The number of carbonyl (C=O) groups is 2. The van der Waals surface area contributed by atoms with Crippen molar-refractivity contribution in [3.63, 3.8) is 0 Å². The van der Waals surface area contributed by atoms with Gasteiger partial charge in [0, 0.05) is 17.7 Å². The SMILES string of the molecule is O=C1c2ccccc2C(=O)N1Cc1ccc(C2OC(CSc3ncn[nH]3)CC(c3ccc(CO)cc3)O2)cc1. The minimum absolute atomic E-state index is 0.0128. The topological polar surface area (TPSA) is 118 Å². The molecule has 1 aromatic heterocycles. The fourth-order valence-electron chi connectivity index (χ4n) is 4.80. The molecule has 0 spiro atoms. The number of ether oxygens (including phenoxy) is 2. The van der Waals surface area contributed by atoms with Gasteiger partial charge in [-0.2, -0.15) is 5.10 Å². The first-order valence-corrected chi connectivity index (χ1v) is 13.6. The number of fused-ring (bicyclic) bond motifs is 1. The van der Waals surface area contributed by atoms with Gasteiger partial charge >= 0.3 is 0 Å². The Kier molecular flexibility index (Phi) is 7.25. The average Bonchev–Trinajstić information content (AvgIpc) is 3.59. The summed E-state index contributed by atoms with van der Waals surface area (Å²) in [7, 11) is 0. The van der Waals surface area contributed by atoms with Crippen molar-refractivity contribution in [2.75, 3.05) is 5.75 Å². The summed E-state index contributed by atoms with van der Waals surface area (Å²) < 4.78 is 12.8. The molecule has 0 bridgehead atoms. The van der Waals surface area contributed by atoms with Gasteiger partial charge in [0.25, 0.3) is 11.8 Å². The third-order valence-corrected chi connectivity index (χ3v) is 7.89. The van der Waals surface area contributed by atoms with Crippen LogP contribution in [-0.4, -0.2) is 48.9 Å². The Hall–Kier alpha value is -3.83. The standard InChI is InChI=1S/C29H26N4O5S/c34-15-19-7-9-20(10-8-19)25-13-22(16-39-29-30-17-31-32-29)37-28(38-25)21-11-5-18(6-12-21)14-33-26(35)23-3-1-2-4-24(23)27(33)36/h1-12,17,22,25,28,34H,13-16H2,(H,30,31,32). The molecule has 0 saturated carbocycles. The average molecular weight is 543 g/mol. The molecule has 0 radical (unpaired) electrons. The van der Waals surface area contributed by atoms with Crippen molar-refractivity contribution in [2.24, 2.45) is 0 Å². The molecule has 3 atom stereocenters. The van der Waals surface area contributed by atoms with Crippen LogP contribution in [0.4, 0.5) is 0 Å². The summed E-state index contributed by atoms with van der Waals surface area (Å²) in [6, 6.07) is 22.2. The maximum Gasteiger partial charge on any atom is 0.261 e. The maximum absolute atomic E-state index is 12.8. The summed E-state index contributed by atoms with van der Waals surface area (Å²) in [6.07, 6.45) is 1.23. The van der Waals surface area contributed by atoms with Crippen LogP contribution in [-0.2, 0) is 22.6 Å². The van der Waals surface area contributed by atoms with Crippen LogP contribution in [0.2, 0.25) is 0 Å². The lowest BCUT2D eigenvalue weighted by Crippen LogP contribution is -2.31. The van der Waals surface area contributed by atoms with E-state index in [0.29, 0.717) is 23.3 Å². The Morgan fingerprint density at radius 3 is 2.21 bits per heavy atom. The molecule has 39 heavy (non-hydrogen) atoms. The highest BCUT2D eigenvalue weighted by Crippen LogP contribution is 2.39.